The van der Waals surface area contributed by atoms with Crippen molar-refractivity contribution in [3.05, 3.63) is 84.1 Å². The van der Waals surface area contributed by atoms with E-state index in [0.29, 0.717) is 0 Å². The molecule has 0 spiro atoms. The number of ether oxygens (including phenoxy) is 1. The van der Waals surface area contributed by atoms with Crippen molar-refractivity contribution in [2.24, 2.45) is 7.05 Å². The van der Waals surface area contributed by atoms with E-state index in [4.69, 9.17) is 4.79 Å². The zero-order valence-corrected chi connectivity index (χ0v) is 19.6. The van der Waals surface area contributed by atoms with E-state index in [1.165, 1.54) is 48.0 Å². The van der Waals surface area contributed by atoms with Crippen molar-refractivity contribution in [3.63, 3.8) is 0 Å². The summed E-state index contributed by atoms with van der Waals surface area (Å²) in [5.74, 6) is 0. The Morgan fingerprint density at radius 2 is 1.52 bits per heavy atom. The molecule has 4 nitrogen and oxygen atoms in total. The molecule has 0 bridgehead atoms. The number of carbonyl (C=O) groups is 1. The largest absolute Gasteiger partial charge is 0.388 e. The first-order chi connectivity index (χ1) is 15.2. The van der Waals surface area contributed by atoms with Crippen LogP contribution in [0, 0.1) is 0 Å². The number of nitrogens with zero attached hydrogens (tertiary/aromatic N) is 2. The van der Waals surface area contributed by atoms with E-state index in [1.807, 2.05) is 12.9 Å². The van der Waals surface area contributed by atoms with E-state index in [9.17, 15) is 0 Å². The summed E-state index contributed by atoms with van der Waals surface area (Å²) >= 11 is 0. The van der Waals surface area contributed by atoms with Gasteiger partial charge in [-0.2, -0.15) is 0 Å². The Hall–Kier alpha value is -2.69. The molecule has 0 saturated carbocycles. The lowest BCUT2D eigenvalue weighted by Gasteiger charge is -2.20. The third kappa shape index (κ3) is 9.33. The standard InChI is InChI=1S/C16H20N2.C8H10.C2H6O.CH2O/c1-17-12-9-15-14(7-6-8-16(15)17)13-18-10-4-2-3-5-11-18;1-2-8-6-4-3-5-7-8;1-3-2;1-2/h2-3,6-9,12H,4-5,10-11,13H2,1H3;3-7H,2H2,1H3;1-2H3;1H2. The Bertz CT molecular complexity index is 861. The fourth-order valence-electron chi connectivity index (χ4n) is 3.48. The summed E-state index contributed by atoms with van der Waals surface area (Å²) in [7, 11) is 5.36. The molecule has 31 heavy (non-hydrogen) atoms. The molecule has 3 aromatic rings. The molecule has 2 heterocycles. The van der Waals surface area contributed by atoms with E-state index in [0.717, 1.165) is 13.0 Å². The molecule has 0 N–H and O–H groups in total. The van der Waals surface area contributed by atoms with Crippen LogP contribution in [0.5, 0.6) is 0 Å². The van der Waals surface area contributed by atoms with Gasteiger partial charge in [0.1, 0.15) is 6.79 Å². The van der Waals surface area contributed by atoms with Gasteiger partial charge >= 0.3 is 0 Å². The average molecular weight is 423 g/mol. The van der Waals surface area contributed by atoms with Crippen LogP contribution < -0.4 is 0 Å². The smallest absolute Gasteiger partial charge is 0.106 e. The topological polar surface area (TPSA) is 34.5 Å². The number of carbonyl (C=O) groups excluding carboxylic acids is 1. The summed E-state index contributed by atoms with van der Waals surface area (Å²) in [6, 6.07) is 19.3. The zero-order valence-electron chi connectivity index (χ0n) is 19.6. The fraction of sp³-hybridized carbons (Fsp3) is 0.370. The SMILES string of the molecule is C=O.CCc1ccccc1.COC.Cn1ccc2c(CN3CCC=CCC3)cccc21. The minimum absolute atomic E-state index is 1.07. The van der Waals surface area contributed by atoms with Gasteiger partial charge in [-0.05, 0) is 42.5 Å². The van der Waals surface area contributed by atoms with Crippen LogP contribution in [0.4, 0.5) is 0 Å². The Kier molecular flexibility index (Phi) is 13.6. The fourth-order valence-corrected chi connectivity index (χ4v) is 3.48. The molecule has 0 aliphatic carbocycles. The average Bonchev–Trinajstić information content (AvgIpc) is 3.02. The second kappa shape index (κ2) is 16.1. The second-order valence-corrected chi connectivity index (χ2v) is 7.35. The highest BCUT2D eigenvalue weighted by molar-refractivity contribution is 5.83. The van der Waals surface area contributed by atoms with Gasteiger partial charge in [-0.25, -0.2) is 0 Å². The lowest BCUT2D eigenvalue weighted by atomic mass is 10.1. The maximum Gasteiger partial charge on any atom is 0.106 e. The Morgan fingerprint density at radius 1 is 0.903 bits per heavy atom. The van der Waals surface area contributed by atoms with Gasteiger partial charge in [0.15, 0.2) is 0 Å². The molecule has 0 amide bonds. The molecule has 2 aromatic carbocycles. The minimum atomic E-state index is 1.07. The molecule has 1 aromatic heterocycles. The summed E-state index contributed by atoms with van der Waals surface area (Å²) in [6.07, 6.45) is 10.3. The minimum Gasteiger partial charge on any atom is -0.388 e. The van der Waals surface area contributed by atoms with Gasteiger partial charge < -0.3 is 14.1 Å². The lowest BCUT2D eigenvalue weighted by Crippen LogP contribution is -2.24. The molecule has 1 aliphatic heterocycles. The van der Waals surface area contributed by atoms with Crippen molar-refractivity contribution in [1.29, 1.82) is 0 Å². The van der Waals surface area contributed by atoms with Gasteiger partial charge in [-0.15, -0.1) is 0 Å². The Balaban J connectivity index is 0.000000309. The maximum atomic E-state index is 8.00. The van der Waals surface area contributed by atoms with Crippen LogP contribution in [-0.4, -0.2) is 43.6 Å². The molecular formula is C27H38N2O2. The first kappa shape index (κ1) is 26.3. The Labute approximate surface area is 188 Å². The van der Waals surface area contributed by atoms with Gasteiger partial charge in [0.05, 0.1) is 0 Å². The van der Waals surface area contributed by atoms with E-state index in [1.54, 1.807) is 14.2 Å². The number of rotatable bonds is 3. The first-order valence-electron chi connectivity index (χ1n) is 10.8. The highest BCUT2D eigenvalue weighted by atomic mass is 16.4. The molecule has 4 heteroatoms. The third-order valence-corrected chi connectivity index (χ3v) is 5.05. The van der Waals surface area contributed by atoms with Crippen LogP contribution in [0.1, 0.15) is 30.9 Å². The van der Waals surface area contributed by atoms with Crippen LogP contribution in [0.3, 0.4) is 0 Å². The van der Waals surface area contributed by atoms with Crippen molar-refractivity contribution in [2.75, 3.05) is 27.3 Å². The highest BCUT2D eigenvalue weighted by Gasteiger charge is 2.10. The second-order valence-electron chi connectivity index (χ2n) is 7.35. The van der Waals surface area contributed by atoms with Crippen LogP contribution in [0.15, 0.2) is 72.9 Å². The molecule has 4 rings (SSSR count). The normalized spacial score (nSPS) is 13.0. The number of hydrogen-bond donors (Lipinski definition) is 0. The zero-order chi connectivity index (χ0) is 22.9. The lowest BCUT2D eigenvalue weighted by molar-refractivity contribution is -0.0979. The summed E-state index contributed by atoms with van der Waals surface area (Å²) in [4.78, 5) is 10.6. The van der Waals surface area contributed by atoms with Crippen LogP contribution in [0.25, 0.3) is 10.9 Å². The number of aryl methyl sites for hydroxylation is 2. The van der Waals surface area contributed by atoms with E-state index in [-0.39, 0.29) is 0 Å². The highest BCUT2D eigenvalue weighted by Crippen LogP contribution is 2.21. The monoisotopic (exact) mass is 422 g/mol. The van der Waals surface area contributed by atoms with Crippen molar-refractivity contribution >= 4 is 17.7 Å². The van der Waals surface area contributed by atoms with Crippen LogP contribution in [0.2, 0.25) is 0 Å². The van der Waals surface area contributed by atoms with Gasteiger partial charge in [-0.3, -0.25) is 4.90 Å². The predicted octanol–water partition coefficient (Wildman–Crippen LogP) is 5.66. The maximum absolute atomic E-state index is 8.00. The van der Waals surface area contributed by atoms with E-state index >= 15 is 0 Å². The number of aromatic nitrogens is 1. The van der Waals surface area contributed by atoms with E-state index < -0.39 is 0 Å². The van der Waals surface area contributed by atoms with Gasteiger partial charge in [0, 0.05) is 58.0 Å². The first-order valence-corrected chi connectivity index (χ1v) is 10.8. The van der Waals surface area contributed by atoms with E-state index in [2.05, 4.69) is 95.1 Å². The number of methoxy groups -OCH3 is 1. The third-order valence-electron chi connectivity index (χ3n) is 5.05. The molecule has 168 valence electrons. The number of fused-ring (bicyclic) bond motifs is 1. The van der Waals surface area contributed by atoms with Gasteiger partial charge in [0.25, 0.3) is 0 Å². The summed E-state index contributed by atoms with van der Waals surface area (Å²) in [5.41, 5.74) is 4.20. The summed E-state index contributed by atoms with van der Waals surface area (Å²) in [6.45, 7) is 7.60. The number of hydrogen-bond acceptors (Lipinski definition) is 3. The summed E-state index contributed by atoms with van der Waals surface area (Å²) in [5, 5.41) is 1.40. The van der Waals surface area contributed by atoms with Crippen molar-refractivity contribution in [1.82, 2.24) is 9.47 Å². The molecular weight excluding hydrogens is 384 g/mol. The quantitative estimate of drug-likeness (QED) is 0.511. The Morgan fingerprint density at radius 3 is 2.06 bits per heavy atom. The summed E-state index contributed by atoms with van der Waals surface area (Å²) < 4.78 is 6.45. The van der Waals surface area contributed by atoms with Crippen LogP contribution in [-0.2, 0) is 29.5 Å². The molecule has 0 radical (unpaired) electrons. The molecule has 1 aliphatic rings. The molecule has 0 fully saturated rings. The van der Waals surface area contributed by atoms with Crippen LogP contribution >= 0.6 is 0 Å². The molecule has 0 saturated heterocycles. The van der Waals surface area contributed by atoms with Gasteiger partial charge in [0.2, 0.25) is 0 Å². The van der Waals surface area contributed by atoms with Crippen molar-refractivity contribution < 1.29 is 9.53 Å². The van der Waals surface area contributed by atoms with Crippen molar-refractivity contribution in [3.8, 4) is 0 Å². The molecule has 0 atom stereocenters. The van der Waals surface area contributed by atoms with Crippen molar-refractivity contribution in [2.45, 2.75) is 32.7 Å². The number of benzene rings is 2. The predicted molar refractivity (Wildman–Crippen MR) is 132 cm³/mol. The molecule has 0 unspecified atom stereocenters. The van der Waals surface area contributed by atoms with Gasteiger partial charge in [-0.1, -0.05) is 61.5 Å².